The molecule has 3 nitrogen and oxygen atoms in total. The summed E-state index contributed by atoms with van der Waals surface area (Å²) in [5.74, 6) is 2.03. The van der Waals surface area contributed by atoms with Crippen LogP contribution >= 0.6 is 0 Å². The zero-order chi connectivity index (χ0) is 31.6. The maximum atomic E-state index is 6.17. The summed E-state index contributed by atoms with van der Waals surface area (Å²) >= 11 is 0. The van der Waals surface area contributed by atoms with E-state index in [4.69, 9.17) is 9.72 Å². The number of rotatable bonds is 20. The number of benzene rings is 5. The van der Waals surface area contributed by atoms with Gasteiger partial charge in [0.25, 0.3) is 0 Å². The normalized spacial score (nSPS) is 12.0. The highest BCUT2D eigenvalue weighted by Crippen LogP contribution is 2.42. The van der Waals surface area contributed by atoms with E-state index in [2.05, 4.69) is 91.2 Å². The number of nitrogens with zero attached hydrogens (tertiary/aromatic N) is 2. The Morgan fingerprint density at radius 1 is 0.543 bits per heavy atom. The standard InChI is InChI=1S/C43H54N2O/c1-3-5-7-9-11-13-15-17-31-45-42-38-24-20-22-34-26-25-33-21-19-23-37(39(33)40(34)38)41(42)44-43(45)35-27-29-36(30-28-35)46-32-18-16-14-12-10-8-6-4-2/h19-30H,3-18,31-32H2,1-2H3. The number of ether oxygens (including phenoxy) is 1. The zero-order valence-corrected chi connectivity index (χ0v) is 28.5. The predicted octanol–water partition coefficient (Wildman–Crippen LogP) is 13.3. The number of unbranched alkanes of at least 4 members (excludes halogenated alkanes) is 14. The number of aryl methyl sites for hydroxylation is 1. The molecule has 0 fully saturated rings. The van der Waals surface area contributed by atoms with Crippen LogP contribution in [0, 0.1) is 0 Å². The lowest BCUT2D eigenvalue weighted by atomic mass is 9.93. The molecule has 0 unspecified atom stereocenters. The number of aromatic nitrogens is 2. The Hall–Kier alpha value is -3.59. The maximum absolute atomic E-state index is 6.17. The van der Waals surface area contributed by atoms with Gasteiger partial charge in [-0.05, 0) is 58.7 Å². The van der Waals surface area contributed by atoms with Crippen LogP contribution in [0.4, 0.5) is 0 Å². The Bertz CT molecular complexity index is 1800. The third kappa shape index (κ3) is 7.35. The molecule has 6 aromatic rings. The van der Waals surface area contributed by atoms with Gasteiger partial charge in [0.1, 0.15) is 11.6 Å². The second-order valence-electron chi connectivity index (χ2n) is 13.5. The molecule has 0 spiro atoms. The summed E-state index contributed by atoms with van der Waals surface area (Å²) < 4.78 is 8.71. The highest BCUT2D eigenvalue weighted by Gasteiger charge is 2.20. The molecular weight excluding hydrogens is 560 g/mol. The average molecular weight is 615 g/mol. The smallest absolute Gasteiger partial charge is 0.141 e. The molecule has 6 rings (SSSR count). The minimum absolute atomic E-state index is 0.794. The van der Waals surface area contributed by atoms with Crippen LogP contribution in [0.25, 0.3) is 54.7 Å². The van der Waals surface area contributed by atoms with Crippen molar-refractivity contribution in [2.75, 3.05) is 6.61 Å². The summed E-state index contributed by atoms with van der Waals surface area (Å²) in [4.78, 5) is 5.46. The Balaban J connectivity index is 1.24. The van der Waals surface area contributed by atoms with Crippen LogP contribution in [0.1, 0.15) is 117 Å². The molecule has 0 aliphatic rings. The monoisotopic (exact) mass is 614 g/mol. The first kappa shape index (κ1) is 32.4. The van der Waals surface area contributed by atoms with Crippen molar-refractivity contribution in [2.24, 2.45) is 0 Å². The summed E-state index contributed by atoms with van der Waals surface area (Å²) in [5, 5.41) is 7.90. The second kappa shape index (κ2) is 16.3. The summed E-state index contributed by atoms with van der Waals surface area (Å²) in [6.45, 7) is 6.35. The van der Waals surface area contributed by atoms with Gasteiger partial charge >= 0.3 is 0 Å². The van der Waals surface area contributed by atoms with Crippen molar-refractivity contribution in [2.45, 2.75) is 123 Å². The van der Waals surface area contributed by atoms with Crippen LogP contribution in [0.5, 0.6) is 5.75 Å². The maximum Gasteiger partial charge on any atom is 0.141 e. The molecule has 0 saturated carbocycles. The predicted molar refractivity (Wildman–Crippen MR) is 200 cm³/mol. The molecule has 0 radical (unpaired) electrons. The lowest BCUT2D eigenvalue weighted by molar-refractivity contribution is 0.304. The topological polar surface area (TPSA) is 27.1 Å². The Morgan fingerprint density at radius 2 is 1.09 bits per heavy atom. The summed E-state index contributed by atoms with van der Waals surface area (Å²) in [6, 6.07) is 26.8. The van der Waals surface area contributed by atoms with Gasteiger partial charge in [-0.15, -0.1) is 0 Å². The Labute approximate surface area is 276 Å². The largest absolute Gasteiger partial charge is 0.494 e. The quantitative estimate of drug-likeness (QED) is 0.0632. The average Bonchev–Trinajstić information content (AvgIpc) is 3.48. The van der Waals surface area contributed by atoms with Crippen molar-refractivity contribution in [3.05, 3.63) is 72.8 Å². The van der Waals surface area contributed by atoms with Gasteiger partial charge in [0.2, 0.25) is 0 Å². The summed E-state index contributed by atoms with van der Waals surface area (Å²) in [5.41, 5.74) is 3.57. The van der Waals surface area contributed by atoms with Gasteiger partial charge in [0.15, 0.2) is 0 Å². The van der Waals surface area contributed by atoms with Gasteiger partial charge in [-0.1, -0.05) is 152 Å². The number of fused-ring (bicyclic) bond motifs is 3. The molecule has 0 amide bonds. The van der Waals surface area contributed by atoms with Crippen molar-refractivity contribution < 1.29 is 4.74 Å². The first-order chi connectivity index (χ1) is 22.8. The van der Waals surface area contributed by atoms with Gasteiger partial charge < -0.3 is 9.30 Å². The van der Waals surface area contributed by atoms with Crippen molar-refractivity contribution >= 4 is 43.4 Å². The lowest BCUT2D eigenvalue weighted by Crippen LogP contribution is -2.02. The lowest BCUT2D eigenvalue weighted by Gasteiger charge is -2.15. The molecule has 0 saturated heterocycles. The van der Waals surface area contributed by atoms with Gasteiger partial charge in [0, 0.05) is 22.9 Å². The van der Waals surface area contributed by atoms with Gasteiger partial charge in [-0.25, -0.2) is 4.98 Å². The fraction of sp³-hybridized carbons (Fsp3) is 0.465. The van der Waals surface area contributed by atoms with Crippen molar-refractivity contribution in [3.63, 3.8) is 0 Å². The third-order valence-electron chi connectivity index (χ3n) is 9.98. The van der Waals surface area contributed by atoms with E-state index in [-0.39, 0.29) is 0 Å². The van der Waals surface area contributed by atoms with Crippen molar-refractivity contribution in [1.82, 2.24) is 9.55 Å². The van der Waals surface area contributed by atoms with E-state index >= 15 is 0 Å². The van der Waals surface area contributed by atoms with Gasteiger partial charge in [-0.2, -0.15) is 0 Å². The van der Waals surface area contributed by atoms with E-state index in [1.165, 1.54) is 134 Å². The van der Waals surface area contributed by atoms with Gasteiger partial charge in [-0.3, -0.25) is 0 Å². The van der Waals surface area contributed by atoms with Crippen LogP contribution in [0.15, 0.2) is 72.8 Å². The van der Waals surface area contributed by atoms with Crippen LogP contribution in [0.3, 0.4) is 0 Å². The fourth-order valence-corrected chi connectivity index (χ4v) is 7.43. The molecule has 1 heterocycles. The molecule has 5 aromatic carbocycles. The van der Waals surface area contributed by atoms with Crippen LogP contribution in [-0.2, 0) is 6.54 Å². The molecule has 46 heavy (non-hydrogen) atoms. The second-order valence-corrected chi connectivity index (χ2v) is 13.5. The molecule has 0 aliphatic carbocycles. The molecule has 0 atom stereocenters. The number of hydrogen-bond donors (Lipinski definition) is 0. The SMILES string of the molecule is CCCCCCCCCCOc1ccc(-c2nc3c4cccc5ccc6cccc(c6c54)c3n2CCCCCCCCCC)cc1. The van der Waals surface area contributed by atoms with E-state index in [9.17, 15) is 0 Å². The number of imidazole rings is 1. The third-order valence-corrected chi connectivity index (χ3v) is 9.98. The molecule has 0 bridgehead atoms. The first-order valence-corrected chi connectivity index (χ1v) is 18.6. The van der Waals surface area contributed by atoms with Crippen LogP contribution in [0.2, 0.25) is 0 Å². The molecule has 242 valence electrons. The van der Waals surface area contributed by atoms with E-state index in [0.717, 1.165) is 42.2 Å². The molecule has 3 heteroatoms. The van der Waals surface area contributed by atoms with Crippen molar-refractivity contribution in [3.8, 4) is 17.1 Å². The highest BCUT2D eigenvalue weighted by atomic mass is 16.5. The van der Waals surface area contributed by atoms with E-state index in [0.29, 0.717) is 0 Å². The van der Waals surface area contributed by atoms with Gasteiger partial charge in [0.05, 0.1) is 17.6 Å². The van der Waals surface area contributed by atoms with Crippen molar-refractivity contribution in [1.29, 1.82) is 0 Å². The first-order valence-electron chi connectivity index (χ1n) is 18.6. The molecular formula is C43H54N2O. The molecule has 0 N–H and O–H groups in total. The minimum Gasteiger partial charge on any atom is -0.494 e. The molecule has 1 aromatic heterocycles. The minimum atomic E-state index is 0.794. The number of hydrogen-bond acceptors (Lipinski definition) is 2. The highest BCUT2D eigenvalue weighted by molar-refractivity contribution is 6.32. The Kier molecular flexibility index (Phi) is 11.5. The fourth-order valence-electron chi connectivity index (χ4n) is 7.43. The zero-order valence-electron chi connectivity index (χ0n) is 28.5. The van der Waals surface area contributed by atoms with Crippen LogP contribution in [-0.4, -0.2) is 16.2 Å². The Morgan fingerprint density at radius 3 is 1.72 bits per heavy atom. The van der Waals surface area contributed by atoms with E-state index < -0.39 is 0 Å². The van der Waals surface area contributed by atoms with Crippen LogP contribution < -0.4 is 4.74 Å². The van der Waals surface area contributed by atoms with E-state index in [1.807, 2.05) is 0 Å². The van der Waals surface area contributed by atoms with E-state index in [1.54, 1.807) is 0 Å². The summed E-state index contributed by atoms with van der Waals surface area (Å²) in [7, 11) is 0. The summed E-state index contributed by atoms with van der Waals surface area (Å²) in [6.07, 6.45) is 21.1. The molecule has 0 aliphatic heterocycles.